The van der Waals surface area contributed by atoms with Gasteiger partial charge in [-0.3, -0.25) is 0 Å². The Hall–Kier alpha value is -2.76. The third-order valence-electron chi connectivity index (χ3n) is 6.28. The number of imidazole rings is 1. The van der Waals surface area contributed by atoms with Crippen molar-refractivity contribution in [2.24, 2.45) is 5.92 Å². The van der Waals surface area contributed by atoms with E-state index in [4.69, 9.17) is 9.97 Å². The first-order chi connectivity index (χ1) is 16.7. The van der Waals surface area contributed by atoms with Crippen molar-refractivity contribution in [1.82, 2.24) is 23.8 Å². The molecule has 0 atom stereocenters. The zero-order valence-electron chi connectivity index (χ0n) is 20.8. The van der Waals surface area contributed by atoms with Crippen LogP contribution >= 0.6 is 0 Å². The lowest BCUT2D eigenvalue weighted by Crippen LogP contribution is -2.30. The van der Waals surface area contributed by atoms with Crippen LogP contribution in [0.5, 0.6) is 0 Å². The van der Waals surface area contributed by atoms with E-state index >= 15 is 0 Å². The Balaban J connectivity index is 1.59. The van der Waals surface area contributed by atoms with Gasteiger partial charge in [0.15, 0.2) is 17.0 Å². The van der Waals surface area contributed by atoms with Crippen LogP contribution in [0.15, 0.2) is 35.5 Å². The minimum Gasteiger partial charge on any atom is -0.393 e. The van der Waals surface area contributed by atoms with E-state index in [0.29, 0.717) is 29.5 Å². The summed E-state index contributed by atoms with van der Waals surface area (Å²) in [6.07, 6.45) is 4.76. The first-order valence-electron chi connectivity index (χ1n) is 12.2. The van der Waals surface area contributed by atoms with Crippen LogP contribution in [0.4, 0.5) is 17.5 Å². The maximum Gasteiger partial charge on any atom is 0.242 e. The Morgan fingerprint density at radius 3 is 2.46 bits per heavy atom. The Labute approximate surface area is 206 Å². The Morgan fingerprint density at radius 1 is 1.14 bits per heavy atom. The highest BCUT2D eigenvalue weighted by molar-refractivity contribution is 7.89. The lowest BCUT2D eigenvalue weighted by Gasteiger charge is -2.26. The Bertz CT molecular complexity index is 1250. The van der Waals surface area contributed by atoms with Gasteiger partial charge in [-0.05, 0) is 62.8 Å². The summed E-state index contributed by atoms with van der Waals surface area (Å²) in [6.45, 7) is 7.18. The third-order valence-corrected chi connectivity index (χ3v) is 8.12. The van der Waals surface area contributed by atoms with Gasteiger partial charge in [-0.15, -0.1) is 0 Å². The van der Waals surface area contributed by atoms with Crippen LogP contribution in [0.25, 0.3) is 11.2 Å². The monoisotopic (exact) mass is 501 g/mol. The smallest absolute Gasteiger partial charge is 0.242 e. The highest BCUT2D eigenvalue weighted by Gasteiger charge is 2.23. The molecule has 2 aromatic heterocycles. The average molecular weight is 502 g/mol. The number of nitrogens with zero attached hydrogens (tertiary/aromatic N) is 5. The number of sulfonamides is 1. The second-order valence-corrected chi connectivity index (χ2v) is 11.6. The van der Waals surface area contributed by atoms with Crippen molar-refractivity contribution in [2.75, 3.05) is 24.2 Å². The fourth-order valence-electron chi connectivity index (χ4n) is 4.37. The molecule has 190 valence electrons. The normalized spacial score (nSPS) is 18.9. The maximum absolute atomic E-state index is 12.9. The van der Waals surface area contributed by atoms with Crippen molar-refractivity contribution in [2.45, 2.75) is 70.0 Å². The van der Waals surface area contributed by atoms with E-state index in [1.165, 1.54) is 4.31 Å². The van der Waals surface area contributed by atoms with Gasteiger partial charge >= 0.3 is 0 Å². The number of aliphatic hydroxyl groups is 1. The van der Waals surface area contributed by atoms with Crippen LogP contribution in [0, 0.1) is 5.92 Å². The number of aliphatic hydroxyl groups excluding tert-OH is 1. The Morgan fingerprint density at radius 2 is 1.83 bits per heavy atom. The van der Waals surface area contributed by atoms with Crippen molar-refractivity contribution < 1.29 is 13.5 Å². The van der Waals surface area contributed by atoms with Crippen molar-refractivity contribution >= 4 is 38.6 Å². The van der Waals surface area contributed by atoms with Crippen molar-refractivity contribution in [3.63, 3.8) is 0 Å². The minimum atomic E-state index is -3.55. The number of aromatic nitrogens is 4. The summed E-state index contributed by atoms with van der Waals surface area (Å²) in [5, 5.41) is 16.5. The number of nitrogens with one attached hydrogen (secondary N) is 2. The summed E-state index contributed by atoms with van der Waals surface area (Å²) in [5.41, 5.74) is 2.07. The molecule has 0 aliphatic heterocycles. The van der Waals surface area contributed by atoms with E-state index in [9.17, 15) is 13.5 Å². The van der Waals surface area contributed by atoms with Gasteiger partial charge < -0.3 is 20.3 Å². The van der Waals surface area contributed by atoms with Crippen LogP contribution in [-0.4, -0.2) is 63.1 Å². The molecule has 1 aliphatic rings. The zero-order chi connectivity index (χ0) is 25.2. The van der Waals surface area contributed by atoms with Gasteiger partial charge in [-0.1, -0.05) is 13.8 Å². The SMILES string of the molecule is CCn1cnc2c(Nc3ccc(S(=O)(=O)N(C)CC(C)C)cc3)nc(N[C@H]3CC[C@H](O)CC3)nc21. The lowest BCUT2D eigenvalue weighted by atomic mass is 9.93. The zero-order valence-corrected chi connectivity index (χ0v) is 21.6. The second-order valence-electron chi connectivity index (χ2n) is 9.58. The molecule has 0 spiro atoms. The number of hydrogen-bond donors (Lipinski definition) is 3. The molecule has 0 saturated heterocycles. The molecule has 1 aromatic carbocycles. The number of hydrogen-bond acceptors (Lipinski definition) is 8. The standard InChI is InChI=1S/C24H35N7O3S/c1-5-31-15-25-21-22(28-24(29-23(21)31)27-18-6-10-19(32)11-7-18)26-17-8-12-20(13-9-17)35(33,34)30(4)14-16(2)3/h8-9,12-13,15-16,18-19,32H,5-7,10-11,14H2,1-4H3,(H2,26,27,28,29)/t18-,19-. The predicted octanol–water partition coefficient (Wildman–Crippen LogP) is 3.58. The van der Waals surface area contributed by atoms with Crippen LogP contribution < -0.4 is 10.6 Å². The molecule has 0 unspecified atom stereocenters. The van der Waals surface area contributed by atoms with Crippen molar-refractivity contribution in [3.05, 3.63) is 30.6 Å². The summed E-state index contributed by atoms with van der Waals surface area (Å²) >= 11 is 0. The minimum absolute atomic E-state index is 0.203. The highest BCUT2D eigenvalue weighted by atomic mass is 32.2. The van der Waals surface area contributed by atoms with Gasteiger partial charge in [0.1, 0.15) is 0 Å². The molecule has 2 heterocycles. The van der Waals surface area contributed by atoms with Crippen LogP contribution in [0.1, 0.15) is 46.5 Å². The van der Waals surface area contributed by atoms with E-state index in [1.807, 2.05) is 25.3 Å². The van der Waals surface area contributed by atoms with Crippen molar-refractivity contribution in [1.29, 1.82) is 0 Å². The maximum atomic E-state index is 12.9. The molecule has 1 fully saturated rings. The van der Waals surface area contributed by atoms with E-state index in [-0.39, 0.29) is 23.0 Å². The van der Waals surface area contributed by atoms with Gasteiger partial charge in [0.2, 0.25) is 16.0 Å². The Kier molecular flexibility index (Phi) is 7.58. The summed E-state index contributed by atoms with van der Waals surface area (Å²) in [7, 11) is -1.95. The van der Waals surface area contributed by atoms with Crippen molar-refractivity contribution in [3.8, 4) is 0 Å². The predicted molar refractivity (Wildman–Crippen MR) is 137 cm³/mol. The largest absolute Gasteiger partial charge is 0.393 e. The number of fused-ring (bicyclic) bond motifs is 1. The summed E-state index contributed by atoms with van der Waals surface area (Å²) < 4.78 is 29.0. The molecule has 0 radical (unpaired) electrons. The molecule has 1 aliphatic carbocycles. The summed E-state index contributed by atoms with van der Waals surface area (Å²) in [5.74, 6) is 1.29. The van der Waals surface area contributed by atoms with Crippen LogP contribution in [-0.2, 0) is 16.6 Å². The quantitative estimate of drug-likeness (QED) is 0.406. The third kappa shape index (κ3) is 5.74. The molecule has 3 N–H and O–H groups in total. The van der Waals surface area contributed by atoms with Crippen LogP contribution in [0.2, 0.25) is 0 Å². The molecule has 3 aromatic rings. The molecule has 0 amide bonds. The fourth-order valence-corrected chi connectivity index (χ4v) is 5.70. The first-order valence-corrected chi connectivity index (χ1v) is 13.6. The number of aryl methyl sites for hydroxylation is 1. The molecule has 11 heteroatoms. The molecule has 4 rings (SSSR count). The van der Waals surface area contributed by atoms with Gasteiger partial charge in [0.25, 0.3) is 0 Å². The molecule has 0 bridgehead atoms. The topological polar surface area (TPSA) is 125 Å². The molecule has 35 heavy (non-hydrogen) atoms. The van der Waals surface area contributed by atoms with Gasteiger partial charge in [0.05, 0.1) is 17.3 Å². The molecular weight excluding hydrogens is 466 g/mol. The number of rotatable bonds is 9. The molecule has 1 saturated carbocycles. The van der Waals surface area contributed by atoms with E-state index < -0.39 is 10.0 Å². The number of benzene rings is 1. The molecule has 10 nitrogen and oxygen atoms in total. The average Bonchev–Trinajstić information content (AvgIpc) is 3.24. The number of anilines is 3. The highest BCUT2D eigenvalue weighted by Crippen LogP contribution is 2.27. The molecular formula is C24H35N7O3S. The summed E-state index contributed by atoms with van der Waals surface area (Å²) in [6, 6.07) is 6.87. The van der Waals surface area contributed by atoms with Gasteiger partial charge in [0, 0.05) is 31.9 Å². The van der Waals surface area contributed by atoms with E-state index in [1.54, 1.807) is 37.6 Å². The van der Waals surface area contributed by atoms with E-state index in [0.717, 1.165) is 37.9 Å². The first kappa shape index (κ1) is 25.3. The van der Waals surface area contributed by atoms with E-state index in [2.05, 4.69) is 15.6 Å². The second kappa shape index (κ2) is 10.5. The van der Waals surface area contributed by atoms with Gasteiger partial charge in [-0.2, -0.15) is 9.97 Å². The van der Waals surface area contributed by atoms with Gasteiger partial charge in [-0.25, -0.2) is 17.7 Å². The van der Waals surface area contributed by atoms with Crippen LogP contribution in [0.3, 0.4) is 0 Å². The lowest BCUT2D eigenvalue weighted by molar-refractivity contribution is 0.126. The fraction of sp³-hybridized carbons (Fsp3) is 0.542. The summed E-state index contributed by atoms with van der Waals surface area (Å²) in [4.78, 5) is 14.1.